The second kappa shape index (κ2) is 6.35. The molecule has 1 aliphatic rings. The molecule has 2 rings (SSSR count). The molecule has 1 aromatic carbocycles. The summed E-state index contributed by atoms with van der Waals surface area (Å²) in [5, 5.41) is 12.8. The lowest BCUT2D eigenvalue weighted by atomic mass is 9.83. The predicted octanol–water partition coefficient (Wildman–Crippen LogP) is 3.07. The van der Waals surface area contributed by atoms with Crippen LogP contribution >= 0.6 is 11.6 Å². The Hall–Kier alpha value is -1.42. The van der Waals surface area contributed by atoms with Gasteiger partial charge in [-0.3, -0.25) is 4.79 Å². The Morgan fingerprint density at radius 2 is 2.10 bits per heavy atom. The van der Waals surface area contributed by atoms with E-state index >= 15 is 0 Å². The zero-order valence-corrected chi connectivity index (χ0v) is 12.4. The van der Waals surface area contributed by atoms with E-state index < -0.39 is 0 Å². The van der Waals surface area contributed by atoms with Crippen LogP contribution in [0.1, 0.15) is 42.5 Å². The van der Waals surface area contributed by atoms with Gasteiger partial charge >= 0.3 is 0 Å². The second-order valence-corrected chi connectivity index (χ2v) is 5.58. The number of benzene rings is 1. The van der Waals surface area contributed by atoms with Gasteiger partial charge in [-0.15, -0.1) is 11.6 Å². The number of phenolic OH excluding ortho intramolecular Hbond substituents is 1. The Kier molecular flexibility index (Phi) is 4.76. The number of methoxy groups -OCH3 is 1. The van der Waals surface area contributed by atoms with Gasteiger partial charge in [0.05, 0.1) is 18.2 Å². The molecule has 2 N–H and O–H groups in total. The summed E-state index contributed by atoms with van der Waals surface area (Å²) in [4.78, 5) is 12.4. The van der Waals surface area contributed by atoms with E-state index in [9.17, 15) is 9.90 Å². The molecular weight excluding hydrogens is 278 g/mol. The summed E-state index contributed by atoms with van der Waals surface area (Å²) in [7, 11) is 1.52. The van der Waals surface area contributed by atoms with Gasteiger partial charge in [-0.2, -0.15) is 0 Å². The monoisotopic (exact) mass is 297 g/mol. The van der Waals surface area contributed by atoms with Crippen molar-refractivity contribution in [3.05, 3.63) is 23.8 Å². The van der Waals surface area contributed by atoms with Crippen LogP contribution in [0.5, 0.6) is 11.5 Å². The van der Waals surface area contributed by atoms with Crippen molar-refractivity contribution in [2.75, 3.05) is 13.0 Å². The van der Waals surface area contributed by atoms with Gasteiger partial charge in [-0.25, -0.2) is 0 Å². The van der Waals surface area contributed by atoms with Crippen molar-refractivity contribution < 1.29 is 14.6 Å². The predicted molar refractivity (Wildman–Crippen MR) is 78.7 cm³/mol. The average Bonchev–Trinajstić information content (AvgIpc) is 2.48. The van der Waals surface area contributed by atoms with E-state index in [1.54, 1.807) is 6.07 Å². The summed E-state index contributed by atoms with van der Waals surface area (Å²) in [5.41, 5.74) is -0.133. The SMILES string of the molecule is COc1ccc(O)c(C(=O)NC2(CCl)CCCCC2)c1. The Morgan fingerprint density at radius 1 is 1.40 bits per heavy atom. The first-order valence-corrected chi connectivity index (χ1v) is 7.39. The molecular formula is C15H20ClNO3. The molecule has 1 aliphatic carbocycles. The maximum atomic E-state index is 12.4. The average molecular weight is 298 g/mol. The molecule has 0 spiro atoms. The van der Waals surface area contributed by atoms with Crippen LogP contribution in [-0.2, 0) is 0 Å². The van der Waals surface area contributed by atoms with Crippen molar-refractivity contribution in [3.63, 3.8) is 0 Å². The Labute approximate surface area is 124 Å². The maximum absolute atomic E-state index is 12.4. The number of nitrogens with one attached hydrogen (secondary N) is 1. The molecule has 0 bridgehead atoms. The van der Waals surface area contributed by atoms with Crippen LogP contribution in [-0.4, -0.2) is 29.5 Å². The molecule has 0 atom stereocenters. The number of hydrogen-bond acceptors (Lipinski definition) is 3. The Morgan fingerprint density at radius 3 is 2.70 bits per heavy atom. The third-order valence-corrected chi connectivity index (χ3v) is 4.41. The minimum atomic E-state index is -0.355. The Bertz CT molecular complexity index is 484. The van der Waals surface area contributed by atoms with E-state index in [0.717, 1.165) is 25.7 Å². The normalized spacial score (nSPS) is 17.5. The number of carbonyl (C=O) groups excluding carboxylic acids is 1. The lowest BCUT2D eigenvalue weighted by Crippen LogP contribution is -2.51. The third kappa shape index (κ3) is 3.18. The molecule has 110 valence electrons. The molecule has 0 aliphatic heterocycles. The number of hydrogen-bond donors (Lipinski definition) is 2. The zero-order chi connectivity index (χ0) is 14.6. The molecule has 4 nitrogen and oxygen atoms in total. The molecule has 5 heteroatoms. The highest BCUT2D eigenvalue weighted by molar-refractivity contribution is 6.19. The quantitative estimate of drug-likeness (QED) is 0.840. The van der Waals surface area contributed by atoms with Crippen molar-refractivity contribution in [2.45, 2.75) is 37.6 Å². The molecule has 0 radical (unpaired) electrons. The van der Waals surface area contributed by atoms with Crippen LogP contribution in [0, 0.1) is 0 Å². The van der Waals surface area contributed by atoms with E-state index in [-0.39, 0.29) is 22.8 Å². The number of phenols is 1. The van der Waals surface area contributed by atoms with Crippen LogP contribution in [0.15, 0.2) is 18.2 Å². The third-order valence-electron chi connectivity index (χ3n) is 3.89. The summed E-state index contributed by atoms with van der Waals surface area (Å²) >= 11 is 6.07. The summed E-state index contributed by atoms with van der Waals surface area (Å²) in [6, 6.07) is 4.61. The van der Waals surface area contributed by atoms with Gasteiger partial charge in [0.1, 0.15) is 11.5 Å². The topological polar surface area (TPSA) is 58.6 Å². The number of ether oxygens (including phenoxy) is 1. The van der Waals surface area contributed by atoms with Gasteiger partial charge in [-0.05, 0) is 31.0 Å². The van der Waals surface area contributed by atoms with Gasteiger partial charge < -0.3 is 15.2 Å². The highest BCUT2D eigenvalue weighted by Gasteiger charge is 2.33. The first-order valence-electron chi connectivity index (χ1n) is 6.86. The number of rotatable bonds is 4. The molecule has 1 amide bonds. The molecule has 1 saturated carbocycles. The molecule has 1 fully saturated rings. The van der Waals surface area contributed by atoms with Crippen LogP contribution in [0.2, 0.25) is 0 Å². The van der Waals surface area contributed by atoms with Gasteiger partial charge in [0, 0.05) is 5.88 Å². The van der Waals surface area contributed by atoms with Crippen molar-refractivity contribution in [3.8, 4) is 11.5 Å². The standard InChI is InChI=1S/C15H20ClNO3/c1-20-11-5-6-13(18)12(9-11)14(19)17-15(10-16)7-3-2-4-8-15/h5-6,9,18H,2-4,7-8,10H2,1H3,(H,17,19). The van der Waals surface area contributed by atoms with Crippen molar-refractivity contribution in [1.82, 2.24) is 5.32 Å². The van der Waals surface area contributed by atoms with E-state index in [4.69, 9.17) is 16.3 Å². The minimum Gasteiger partial charge on any atom is -0.507 e. The number of alkyl halides is 1. The smallest absolute Gasteiger partial charge is 0.255 e. The lowest BCUT2D eigenvalue weighted by Gasteiger charge is -2.36. The van der Waals surface area contributed by atoms with Crippen LogP contribution in [0.3, 0.4) is 0 Å². The van der Waals surface area contributed by atoms with Crippen molar-refractivity contribution in [2.24, 2.45) is 0 Å². The van der Waals surface area contributed by atoms with E-state index in [0.29, 0.717) is 11.6 Å². The van der Waals surface area contributed by atoms with Crippen molar-refractivity contribution in [1.29, 1.82) is 0 Å². The van der Waals surface area contributed by atoms with Crippen LogP contribution < -0.4 is 10.1 Å². The first kappa shape index (κ1) is 15.0. The van der Waals surface area contributed by atoms with Crippen LogP contribution in [0.25, 0.3) is 0 Å². The second-order valence-electron chi connectivity index (χ2n) is 5.31. The van der Waals surface area contributed by atoms with Crippen LogP contribution in [0.4, 0.5) is 0 Å². The molecule has 1 aromatic rings. The molecule has 0 saturated heterocycles. The van der Waals surface area contributed by atoms with Gasteiger partial charge in [-0.1, -0.05) is 19.3 Å². The number of aromatic hydroxyl groups is 1. The molecule has 20 heavy (non-hydrogen) atoms. The molecule has 0 unspecified atom stereocenters. The largest absolute Gasteiger partial charge is 0.507 e. The van der Waals surface area contributed by atoms with E-state index in [1.807, 2.05) is 0 Å². The summed E-state index contributed by atoms with van der Waals surface area (Å²) < 4.78 is 5.08. The zero-order valence-electron chi connectivity index (χ0n) is 11.6. The first-order chi connectivity index (χ1) is 9.60. The fraction of sp³-hybridized carbons (Fsp3) is 0.533. The van der Waals surface area contributed by atoms with Gasteiger partial charge in [0.2, 0.25) is 0 Å². The molecule has 0 heterocycles. The van der Waals surface area contributed by atoms with Gasteiger partial charge in [0.15, 0.2) is 0 Å². The maximum Gasteiger partial charge on any atom is 0.255 e. The summed E-state index contributed by atoms with van der Waals surface area (Å²) in [6.07, 6.45) is 5.08. The number of halogens is 1. The lowest BCUT2D eigenvalue weighted by molar-refractivity contribution is 0.0881. The fourth-order valence-electron chi connectivity index (χ4n) is 2.65. The summed E-state index contributed by atoms with van der Waals surface area (Å²) in [6.45, 7) is 0. The van der Waals surface area contributed by atoms with E-state index in [2.05, 4.69) is 5.32 Å². The summed E-state index contributed by atoms with van der Waals surface area (Å²) in [5.74, 6) is 0.577. The van der Waals surface area contributed by atoms with Crippen molar-refractivity contribution >= 4 is 17.5 Å². The fourth-order valence-corrected chi connectivity index (χ4v) is 2.99. The number of carbonyl (C=O) groups is 1. The van der Waals surface area contributed by atoms with E-state index in [1.165, 1.54) is 25.7 Å². The number of amides is 1. The van der Waals surface area contributed by atoms with Gasteiger partial charge in [0.25, 0.3) is 5.91 Å². The molecule has 0 aromatic heterocycles. The Balaban J connectivity index is 2.18. The highest BCUT2D eigenvalue weighted by atomic mass is 35.5. The highest BCUT2D eigenvalue weighted by Crippen LogP contribution is 2.31. The minimum absolute atomic E-state index is 0.0520.